The van der Waals surface area contributed by atoms with E-state index in [-0.39, 0.29) is 37.5 Å². The third-order valence-corrected chi connectivity index (χ3v) is 7.09. The molecule has 0 aromatic heterocycles. The van der Waals surface area contributed by atoms with Gasteiger partial charge in [0.15, 0.2) is 0 Å². The fraction of sp³-hybridized carbons (Fsp3) is 0.586. The number of nitrogens with one attached hydrogen (secondary N) is 3. The molecule has 16 nitrogen and oxygen atoms in total. The summed E-state index contributed by atoms with van der Waals surface area (Å²) in [5.74, 6) is -4.12. The molecule has 3 atom stereocenters. The zero-order valence-electron chi connectivity index (χ0n) is 26.7. The lowest BCUT2D eigenvalue weighted by Gasteiger charge is -2.29. The maximum atomic E-state index is 13.8. The molecule has 0 radical (unpaired) electrons. The largest absolute Gasteiger partial charge is 0.524 e. The number of phosphoric ester groups is 1. The van der Waals surface area contributed by atoms with E-state index in [2.05, 4.69) is 20.5 Å². The monoisotopic (exact) mass is 670 g/mol. The molecule has 9 N–H and O–H groups in total. The highest BCUT2D eigenvalue weighted by molar-refractivity contribution is 7.46. The second-order valence-corrected chi connectivity index (χ2v) is 12.5. The number of carbonyl (C=O) groups excluding carboxylic acids is 6. The molecule has 1 aromatic carbocycles. The number of primary amides is 2. The Morgan fingerprint density at radius 3 is 2.07 bits per heavy atom. The highest BCUT2D eigenvalue weighted by atomic mass is 31.2. The molecule has 6 amide bonds. The van der Waals surface area contributed by atoms with E-state index in [1.807, 2.05) is 20.8 Å². The van der Waals surface area contributed by atoms with Gasteiger partial charge in [-0.3, -0.25) is 38.6 Å². The first-order valence-corrected chi connectivity index (χ1v) is 16.5. The number of amides is 6. The van der Waals surface area contributed by atoms with Gasteiger partial charge in [-0.1, -0.05) is 45.7 Å². The lowest BCUT2D eigenvalue weighted by molar-refractivity contribution is -0.140. The van der Waals surface area contributed by atoms with Gasteiger partial charge in [-0.05, 0) is 42.9 Å². The second kappa shape index (κ2) is 19.5. The number of rotatable bonds is 21. The summed E-state index contributed by atoms with van der Waals surface area (Å²) < 4.78 is 15.6. The van der Waals surface area contributed by atoms with Crippen LogP contribution in [0.1, 0.15) is 71.8 Å². The number of nitrogens with zero attached hydrogens (tertiary/aromatic N) is 1. The fourth-order valence-electron chi connectivity index (χ4n) is 4.50. The van der Waals surface area contributed by atoms with Crippen LogP contribution < -0.4 is 31.9 Å². The number of benzene rings is 1. The van der Waals surface area contributed by atoms with Crippen LogP contribution in [0.4, 0.5) is 0 Å². The van der Waals surface area contributed by atoms with Crippen molar-refractivity contribution in [3.05, 3.63) is 29.8 Å². The molecule has 0 heterocycles. The van der Waals surface area contributed by atoms with Crippen LogP contribution in [-0.2, 0) is 39.8 Å². The molecular formula is C29H47N6O10P. The summed E-state index contributed by atoms with van der Waals surface area (Å²) >= 11 is 0. The number of carbonyl (C=O) groups is 6. The van der Waals surface area contributed by atoms with Crippen molar-refractivity contribution < 1.29 is 47.6 Å². The molecule has 258 valence electrons. The standard InChI is InChI=1S/C29H47N6O10P/c1-5-6-7-14-35(17-26(38)33-23(27(31)39)15-18(2)3)29(41)22(12-13-25(30)37)34-28(40)24(32-19(4)36)16-20-8-10-21(11-9-20)45-46(42,43)44/h8-11,18,22-24H,5-7,12-17H2,1-4H3,(H2,30,37)(H2,31,39)(H,32,36)(H,33,38)(H,34,40)(H2,42,43,44)/t22-,23-,24-/m0/s1. The van der Waals surface area contributed by atoms with Crippen molar-refractivity contribution in [2.75, 3.05) is 13.1 Å². The predicted molar refractivity (Wildman–Crippen MR) is 167 cm³/mol. The topological polar surface area (TPSA) is 261 Å². The molecule has 0 spiro atoms. The maximum Gasteiger partial charge on any atom is 0.524 e. The van der Waals surface area contributed by atoms with Crippen molar-refractivity contribution in [1.29, 1.82) is 0 Å². The zero-order valence-corrected chi connectivity index (χ0v) is 27.6. The van der Waals surface area contributed by atoms with Crippen LogP contribution >= 0.6 is 7.82 Å². The second-order valence-electron chi connectivity index (χ2n) is 11.4. The van der Waals surface area contributed by atoms with Gasteiger partial charge < -0.3 is 36.8 Å². The summed E-state index contributed by atoms with van der Waals surface area (Å²) in [5.41, 5.74) is 11.3. The van der Waals surface area contributed by atoms with Gasteiger partial charge in [0.1, 0.15) is 23.9 Å². The van der Waals surface area contributed by atoms with E-state index in [1.54, 1.807) is 0 Å². The van der Waals surface area contributed by atoms with E-state index in [0.29, 0.717) is 18.4 Å². The molecule has 1 rings (SSSR count). The Morgan fingerprint density at radius 1 is 0.935 bits per heavy atom. The van der Waals surface area contributed by atoms with Gasteiger partial charge in [0.2, 0.25) is 35.4 Å². The molecule has 0 saturated carbocycles. The molecule has 0 unspecified atom stereocenters. The van der Waals surface area contributed by atoms with Gasteiger partial charge in [0.25, 0.3) is 0 Å². The lowest BCUT2D eigenvalue weighted by Crippen LogP contribution is -2.56. The van der Waals surface area contributed by atoms with Gasteiger partial charge in [0.05, 0.1) is 6.54 Å². The number of hydrogen-bond donors (Lipinski definition) is 7. The van der Waals surface area contributed by atoms with Gasteiger partial charge in [-0.25, -0.2) is 4.57 Å². The number of phosphoric acid groups is 1. The number of nitrogens with two attached hydrogens (primary N) is 2. The van der Waals surface area contributed by atoms with Crippen LogP contribution in [0, 0.1) is 5.92 Å². The summed E-state index contributed by atoms with van der Waals surface area (Å²) in [5, 5.41) is 7.66. The van der Waals surface area contributed by atoms with Crippen molar-refractivity contribution in [2.24, 2.45) is 17.4 Å². The molecule has 0 bridgehead atoms. The van der Waals surface area contributed by atoms with Gasteiger partial charge in [-0.15, -0.1) is 0 Å². The molecule has 0 saturated heterocycles. The van der Waals surface area contributed by atoms with Crippen molar-refractivity contribution >= 4 is 43.3 Å². The third kappa shape index (κ3) is 16.3. The first kappa shape index (κ1) is 40.0. The van der Waals surface area contributed by atoms with Crippen LogP contribution in [0.5, 0.6) is 5.75 Å². The fourth-order valence-corrected chi connectivity index (χ4v) is 4.90. The molecule has 17 heteroatoms. The molecule has 1 aromatic rings. The molecule has 0 aliphatic carbocycles. The summed E-state index contributed by atoms with van der Waals surface area (Å²) in [6.07, 6.45) is 1.85. The van der Waals surface area contributed by atoms with E-state index in [9.17, 15) is 33.3 Å². The van der Waals surface area contributed by atoms with Crippen molar-refractivity contribution in [3.8, 4) is 5.75 Å². The number of hydrogen-bond acceptors (Lipinski definition) is 8. The SMILES string of the molecule is CCCCCN(CC(=O)N[C@@H](CC(C)C)C(N)=O)C(=O)[C@H](CCC(N)=O)NC(=O)[C@H](Cc1ccc(OP(=O)(O)O)cc1)NC(C)=O. The molecule has 0 aliphatic rings. The minimum absolute atomic E-state index is 0.0519. The van der Waals surface area contributed by atoms with Crippen LogP contribution in [0.15, 0.2) is 24.3 Å². The Hall–Kier alpha value is -4.01. The smallest absolute Gasteiger partial charge is 0.404 e. The van der Waals surface area contributed by atoms with Gasteiger partial charge in [0, 0.05) is 26.3 Å². The normalized spacial score (nSPS) is 13.2. The Balaban J connectivity index is 3.24. The lowest BCUT2D eigenvalue weighted by atomic mass is 10.0. The third-order valence-electron chi connectivity index (χ3n) is 6.64. The average Bonchev–Trinajstić information content (AvgIpc) is 2.93. The van der Waals surface area contributed by atoms with Crippen LogP contribution in [0.3, 0.4) is 0 Å². The maximum absolute atomic E-state index is 13.8. The van der Waals surface area contributed by atoms with Crippen LogP contribution in [0.25, 0.3) is 0 Å². The van der Waals surface area contributed by atoms with Crippen molar-refractivity contribution in [1.82, 2.24) is 20.9 Å². The van der Waals surface area contributed by atoms with Crippen molar-refractivity contribution in [3.63, 3.8) is 0 Å². The summed E-state index contributed by atoms with van der Waals surface area (Å²) in [7, 11) is -4.78. The first-order valence-electron chi connectivity index (χ1n) is 15.0. The predicted octanol–water partition coefficient (Wildman–Crippen LogP) is -0.00940. The minimum atomic E-state index is -4.78. The highest BCUT2D eigenvalue weighted by Crippen LogP contribution is 2.37. The molecule has 46 heavy (non-hydrogen) atoms. The highest BCUT2D eigenvalue weighted by Gasteiger charge is 2.31. The molecular weight excluding hydrogens is 623 g/mol. The van der Waals surface area contributed by atoms with E-state index in [4.69, 9.17) is 21.3 Å². The molecule has 0 aliphatic heterocycles. The Morgan fingerprint density at radius 2 is 1.57 bits per heavy atom. The summed E-state index contributed by atoms with van der Waals surface area (Å²) in [4.78, 5) is 94.9. The van der Waals surface area contributed by atoms with Crippen LogP contribution in [0.2, 0.25) is 0 Å². The van der Waals surface area contributed by atoms with E-state index < -0.39 is 67.9 Å². The minimum Gasteiger partial charge on any atom is -0.404 e. The van der Waals surface area contributed by atoms with Gasteiger partial charge >= 0.3 is 7.82 Å². The number of unbranched alkanes of at least 4 members (excludes halogenated alkanes) is 2. The Bertz CT molecular complexity index is 1250. The summed E-state index contributed by atoms with van der Waals surface area (Å²) in [6.45, 7) is 6.58. The van der Waals surface area contributed by atoms with E-state index in [0.717, 1.165) is 12.8 Å². The van der Waals surface area contributed by atoms with Gasteiger partial charge in [-0.2, -0.15) is 0 Å². The Kier molecular flexibility index (Phi) is 17.0. The Labute approximate surface area is 268 Å². The van der Waals surface area contributed by atoms with E-state index >= 15 is 0 Å². The molecule has 0 fully saturated rings. The van der Waals surface area contributed by atoms with Crippen LogP contribution in [-0.4, -0.2) is 81.3 Å². The quantitative estimate of drug-likeness (QED) is 0.0679. The zero-order chi connectivity index (χ0) is 35.0. The van der Waals surface area contributed by atoms with E-state index in [1.165, 1.54) is 36.1 Å². The van der Waals surface area contributed by atoms with Crippen molar-refractivity contribution in [2.45, 2.75) is 90.8 Å². The first-order chi connectivity index (χ1) is 21.4. The average molecular weight is 671 g/mol. The summed E-state index contributed by atoms with van der Waals surface area (Å²) in [6, 6.07) is 2.00.